The predicted molar refractivity (Wildman–Crippen MR) is 66.4 cm³/mol. The highest BCUT2D eigenvalue weighted by molar-refractivity contribution is 5.78. The molecule has 1 aliphatic rings. The van der Waals surface area contributed by atoms with Crippen LogP contribution in [0.1, 0.15) is 20.8 Å². The molecule has 0 aromatic heterocycles. The molecule has 1 N–H and O–H groups in total. The fourth-order valence-electron chi connectivity index (χ4n) is 1.89. The summed E-state index contributed by atoms with van der Waals surface area (Å²) in [5.74, 6) is 0.848. The van der Waals surface area contributed by atoms with Crippen molar-refractivity contribution in [2.75, 3.05) is 45.8 Å². The minimum absolute atomic E-state index is 0.247. The highest BCUT2D eigenvalue weighted by atomic mass is 16.2. The Kier molecular flexibility index (Phi) is 5.77. The van der Waals surface area contributed by atoms with Crippen LogP contribution in [0.4, 0.5) is 0 Å². The molecule has 16 heavy (non-hydrogen) atoms. The molecule has 0 aromatic rings. The van der Waals surface area contributed by atoms with E-state index in [2.05, 4.69) is 31.0 Å². The van der Waals surface area contributed by atoms with Crippen LogP contribution in [-0.2, 0) is 4.79 Å². The molecule has 1 saturated heterocycles. The summed E-state index contributed by atoms with van der Waals surface area (Å²) >= 11 is 0. The van der Waals surface area contributed by atoms with Gasteiger partial charge < -0.3 is 15.1 Å². The van der Waals surface area contributed by atoms with E-state index in [1.54, 1.807) is 0 Å². The first-order chi connectivity index (χ1) is 7.63. The lowest BCUT2D eigenvalue weighted by Gasteiger charge is -2.34. The van der Waals surface area contributed by atoms with Crippen LogP contribution in [0.25, 0.3) is 0 Å². The maximum absolute atomic E-state index is 11.8. The lowest BCUT2D eigenvalue weighted by Crippen LogP contribution is -2.50. The van der Waals surface area contributed by atoms with Crippen LogP contribution in [0.5, 0.6) is 0 Å². The summed E-state index contributed by atoms with van der Waals surface area (Å²) < 4.78 is 0. The van der Waals surface area contributed by atoms with E-state index < -0.39 is 0 Å². The van der Waals surface area contributed by atoms with Gasteiger partial charge in [0.2, 0.25) is 5.91 Å². The highest BCUT2D eigenvalue weighted by Crippen LogP contribution is 2.01. The van der Waals surface area contributed by atoms with Gasteiger partial charge in [0.05, 0.1) is 6.54 Å². The molecule has 94 valence electrons. The number of nitrogens with one attached hydrogen (secondary N) is 1. The summed E-state index contributed by atoms with van der Waals surface area (Å²) in [4.78, 5) is 16.2. The van der Waals surface area contributed by atoms with Gasteiger partial charge in [-0.2, -0.15) is 0 Å². The van der Waals surface area contributed by atoms with Crippen molar-refractivity contribution in [3.05, 3.63) is 0 Å². The molecule has 1 heterocycles. The number of piperazine rings is 1. The molecule has 0 bridgehead atoms. The van der Waals surface area contributed by atoms with Crippen molar-refractivity contribution in [2.24, 2.45) is 5.92 Å². The van der Waals surface area contributed by atoms with Crippen molar-refractivity contribution in [3.63, 3.8) is 0 Å². The SMILES string of the molecule is CCN1CCN(C(=O)CNCC(C)C)CC1. The van der Waals surface area contributed by atoms with Crippen molar-refractivity contribution in [3.8, 4) is 0 Å². The first-order valence-corrected chi connectivity index (χ1v) is 6.34. The van der Waals surface area contributed by atoms with Gasteiger partial charge in [0, 0.05) is 26.2 Å². The average molecular weight is 227 g/mol. The van der Waals surface area contributed by atoms with E-state index in [0.29, 0.717) is 12.5 Å². The Morgan fingerprint density at radius 1 is 1.25 bits per heavy atom. The summed E-state index contributed by atoms with van der Waals surface area (Å²) in [6, 6.07) is 0. The van der Waals surface area contributed by atoms with Crippen LogP contribution in [0.15, 0.2) is 0 Å². The first kappa shape index (κ1) is 13.5. The topological polar surface area (TPSA) is 35.6 Å². The van der Waals surface area contributed by atoms with Crippen molar-refractivity contribution in [1.82, 2.24) is 15.1 Å². The highest BCUT2D eigenvalue weighted by Gasteiger charge is 2.19. The average Bonchev–Trinajstić information content (AvgIpc) is 2.28. The Labute approximate surface area is 99.0 Å². The van der Waals surface area contributed by atoms with Crippen LogP contribution >= 0.6 is 0 Å². The van der Waals surface area contributed by atoms with Crippen LogP contribution in [0, 0.1) is 5.92 Å². The molecule has 1 amide bonds. The minimum atomic E-state index is 0.247. The largest absolute Gasteiger partial charge is 0.339 e. The van der Waals surface area contributed by atoms with Gasteiger partial charge in [-0.15, -0.1) is 0 Å². The summed E-state index contributed by atoms with van der Waals surface area (Å²) in [6.07, 6.45) is 0. The molecule has 0 atom stereocenters. The zero-order chi connectivity index (χ0) is 12.0. The molecule has 4 nitrogen and oxygen atoms in total. The maximum atomic E-state index is 11.8. The Morgan fingerprint density at radius 3 is 2.38 bits per heavy atom. The number of carbonyl (C=O) groups excluding carboxylic acids is 1. The van der Waals surface area contributed by atoms with Gasteiger partial charge >= 0.3 is 0 Å². The standard InChI is InChI=1S/C12H25N3O/c1-4-14-5-7-15(8-6-14)12(16)10-13-9-11(2)3/h11,13H,4-10H2,1-3H3. The van der Waals surface area contributed by atoms with E-state index in [-0.39, 0.29) is 5.91 Å². The van der Waals surface area contributed by atoms with Crippen molar-refractivity contribution in [2.45, 2.75) is 20.8 Å². The molecule has 0 radical (unpaired) electrons. The van der Waals surface area contributed by atoms with Crippen LogP contribution in [0.3, 0.4) is 0 Å². The van der Waals surface area contributed by atoms with E-state index in [1.165, 1.54) is 0 Å². The smallest absolute Gasteiger partial charge is 0.236 e. The van der Waals surface area contributed by atoms with Gasteiger partial charge in [0.25, 0.3) is 0 Å². The predicted octanol–water partition coefficient (Wildman–Crippen LogP) is 0.396. The maximum Gasteiger partial charge on any atom is 0.236 e. The number of hydrogen-bond donors (Lipinski definition) is 1. The Morgan fingerprint density at radius 2 is 1.88 bits per heavy atom. The third-order valence-electron chi connectivity index (χ3n) is 3.00. The Balaban J connectivity index is 2.18. The van der Waals surface area contributed by atoms with Crippen LogP contribution < -0.4 is 5.32 Å². The van der Waals surface area contributed by atoms with E-state index in [9.17, 15) is 4.79 Å². The minimum Gasteiger partial charge on any atom is -0.339 e. The second-order valence-corrected chi connectivity index (χ2v) is 4.84. The normalized spacial score (nSPS) is 18.1. The molecular weight excluding hydrogens is 202 g/mol. The number of amides is 1. The molecule has 0 saturated carbocycles. The summed E-state index contributed by atoms with van der Waals surface area (Å²) in [6.45, 7) is 12.8. The molecule has 1 aliphatic heterocycles. The quantitative estimate of drug-likeness (QED) is 0.738. The fourth-order valence-corrected chi connectivity index (χ4v) is 1.89. The second-order valence-electron chi connectivity index (χ2n) is 4.84. The molecule has 0 aliphatic carbocycles. The number of rotatable bonds is 5. The van der Waals surface area contributed by atoms with E-state index in [4.69, 9.17) is 0 Å². The zero-order valence-corrected chi connectivity index (χ0v) is 10.8. The Hall–Kier alpha value is -0.610. The van der Waals surface area contributed by atoms with Gasteiger partial charge in [-0.3, -0.25) is 4.79 Å². The molecule has 1 rings (SSSR count). The number of hydrogen-bond acceptors (Lipinski definition) is 3. The molecule has 0 unspecified atom stereocenters. The Bertz CT molecular complexity index is 210. The van der Waals surface area contributed by atoms with Gasteiger partial charge in [-0.05, 0) is 19.0 Å². The van der Waals surface area contributed by atoms with Gasteiger partial charge in [-0.25, -0.2) is 0 Å². The molecule has 1 fully saturated rings. The molecule has 0 aromatic carbocycles. The summed E-state index contributed by atoms with van der Waals surface area (Å²) in [5, 5.41) is 3.20. The number of nitrogens with zero attached hydrogens (tertiary/aromatic N) is 2. The second kappa shape index (κ2) is 6.86. The van der Waals surface area contributed by atoms with Crippen LogP contribution in [-0.4, -0.2) is 61.5 Å². The van der Waals surface area contributed by atoms with Gasteiger partial charge in [0.1, 0.15) is 0 Å². The number of carbonyl (C=O) groups is 1. The monoisotopic (exact) mass is 227 g/mol. The van der Waals surface area contributed by atoms with Gasteiger partial charge in [0.15, 0.2) is 0 Å². The van der Waals surface area contributed by atoms with Crippen molar-refractivity contribution in [1.29, 1.82) is 0 Å². The summed E-state index contributed by atoms with van der Waals surface area (Å²) in [5.41, 5.74) is 0. The van der Waals surface area contributed by atoms with Crippen molar-refractivity contribution >= 4 is 5.91 Å². The van der Waals surface area contributed by atoms with Crippen molar-refractivity contribution < 1.29 is 4.79 Å². The molecular formula is C12H25N3O. The number of likely N-dealkylation sites (N-methyl/N-ethyl adjacent to an activating group) is 1. The lowest BCUT2D eigenvalue weighted by molar-refractivity contribution is -0.131. The molecule has 0 spiro atoms. The fraction of sp³-hybridized carbons (Fsp3) is 0.917. The zero-order valence-electron chi connectivity index (χ0n) is 10.8. The third kappa shape index (κ3) is 4.49. The van der Waals surface area contributed by atoms with E-state index in [0.717, 1.165) is 39.3 Å². The van der Waals surface area contributed by atoms with E-state index in [1.807, 2.05) is 4.90 Å². The third-order valence-corrected chi connectivity index (χ3v) is 3.00. The molecule has 4 heteroatoms. The van der Waals surface area contributed by atoms with Gasteiger partial charge in [-0.1, -0.05) is 20.8 Å². The first-order valence-electron chi connectivity index (χ1n) is 6.34. The summed E-state index contributed by atoms with van der Waals surface area (Å²) in [7, 11) is 0. The van der Waals surface area contributed by atoms with Crippen LogP contribution in [0.2, 0.25) is 0 Å². The van der Waals surface area contributed by atoms with E-state index >= 15 is 0 Å². The lowest BCUT2D eigenvalue weighted by atomic mass is 10.2.